The van der Waals surface area contributed by atoms with E-state index in [9.17, 15) is 9.59 Å². The largest absolute Gasteiger partial charge is 0.320 e. The summed E-state index contributed by atoms with van der Waals surface area (Å²) in [6.07, 6.45) is 44.1. The minimum absolute atomic E-state index is 0.131. The molecule has 4 heteroatoms. The summed E-state index contributed by atoms with van der Waals surface area (Å²) in [7, 11) is 6.44. The molecule has 0 aliphatic heterocycles. The number of carbonyl (C=O) groups is 2. The van der Waals surface area contributed by atoms with Crippen LogP contribution in [0.25, 0.3) is 0 Å². The smallest absolute Gasteiger partial charge is 0.149 e. The predicted octanol–water partition coefficient (Wildman–Crippen LogP) is 13.7. The summed E-state index contributed by atoms with van der Waals surface area (Å²) in [4.78, 5) is 26.3. The molecule has 0 aromatic carbocycles. The molecular weight excluding hydrogens is 677 g/mol. The fourth-order valence-corrected chi connectivity index (χ4v) is 6.86. The third-order valence-corrected chi connectivity index (χ3v) is 11.9. The van der Waals surface area contributed by atoms with Crippen molar-refractivity contribution in [1.29, 1.82) is 0 Å². The van der Waals surface area contributed by atoms with Crippen molar-refractivity contribution < 1.29 is 14.1 Å². The summed E-state index contributed by atoms with van der Waals surface area (Å²) in [5, 5.41) is 0. The fourth-order valence-electron chi connectivity index (χ4n) is 6.20. The van der Waals surface area contributed by atoms with Gasteiger partial charge in [-0.1, -0.05) is 141 Å². The third-order valence-electron chi connectivity index (χ3n) is 9.34. The number of hydrogen-bond donors (Lipinski definition) is 0. The van der Waals surface area contributed by atoms with Crippen LogP contribution < -0.4 is 0 Å². The van der Waals surface area contributed by atoms with Gasteiger partial charge in [-0.3, -0.25) is 9.59 Å². The van der Waals surface area contributed by atoms with E-state index in [1.165, 1.54) is 141 Å². The van der Waals surface area contributed by atoms with E-state index in [1.54, 1.807) is 0 Å². The zero-order valence-corrected chi connectivity index (χ0v) is 33.8. The molecule has 0 saturated heterocycles. The second-order valence-corrected chi connectivity index (χ2v) is 16.2. The van der Waals surface area contributed by atoms with Gasteiger partial charge in [0.05, 0.1) is 27.1 Å². The molecule has 0 radical (unpaired) electrons. The molecule has 0 aromatic rings. The van der Waals surface area contributed by atoms with Gasteiger partial charge in [-0.25, -0.2) is 0 Å². The van der Waals surface area contributed by atoms with E-state index in [2.05, 4.69) is 81.9 Å². The summed E-state index contributed by atoms with van der Waals surface area (Å²) in [5.41, 5.74) is 0. The molecule has 0 aliphatic carbocycles. The monoisotopic (exact) mass is 757 g/mol. The number of alkyl halides is 1. The molecular formula is C42H79INO2+. The van der Waals surface area contributed by atoms with Gasteiger partial charge in [0.25, 0.3) is 0 Å². The Morgan fingerprint density at radius 3 is 1.20 bits per heavy atom. The minimum atomic E-state index is -0.159. The highest BCUT2D eigenvalue weighted by atomic mass is 127. The molecule has 0 N–H and O–H groups in total. The number of halogens is 1. The topological polar surface area (TPSA) is 34.1 Å². The molecule has 0 fully saturated rings. The van der Waals surface area contributed by atoms with Gasteiger partial charge in [0.2, 0.25) is 0 Å². The maximum absolute atomic E-state index is 13.3. The zero-order chi connectivity index (χ0) is 34.1. The van der Waals surface area contributed by atoms with Crippen molar-refractivity contribution in [1.82, 2.24) is 0 Å². The van der Waals surface area contributed by atoms with Gasteiger partial charge in [0, 0.05) is 19.3 Å². The lowest BCUT2D eigenvalue weighted by molar-refractivity contribution is -0.879. The lowest BCUT2D eigenvalue weighted by atomic mass is 9.91. The fraction of sp³-hybridized carbons (Fsp3) is 0.857. The normalized spacial score (nSPS) is 13.6. The maximum Gasteiger partial charge on any atom is 0.149 e. The number of unbranched alkanes of at least 4 members (excludes halogenated alkanes) is 22. The van der Waals surface area contributed by atoms with Gasteiger partial charge in [0.1, 0.15) is 15.6 Å². The van der Waals surface area contributed by atoms with Crippen molar-refractivity contribution in [2.45, 2.75) is 204 Å². The first-order chi connectivity index (χ1) is 22.2. The number of hydrogen-bond acceptors (Lipinski definition) is 2. The van der Waals surface area contributed by atoms with Crippen molar-refractivity contribution in [3.63, 3.8) is 0 Å². The first-order valence-electron chi connectivity index (χ1n) is 20.0. The second kappa shape index (κ2) is 33.0. The molecule has 3 nitrogen and oxygen atoms in total. The van der Waals surface area contributed by atoms with Crippen LogP contribution in [0.1, 0.15) is 200 Å². The van der Waals surface area contributed by atoms with Crippen LogP contribution in [0.2, 0.25) is 0 Å². The van der Waals surface area contributed by atoms with Crippen LogP contribution in [0.5, 0.6) is 0 Å². The SMILES string of the molecule is CCCCCCCCC=CCCCCCCCC(=O)CC(C(=O)CCCCCCCC=CCCCCCCCC)C(I)[N+](C)(C)C. The summed E-state index contributed by atoms with van der Waals surface area (Å²) >= 11 is 2.43. The molecule has 0 rings (SSSR count). The summed E-state index contributed by atoms with van der Waals surface area (Å²) in [5.74, 6) is 0.437. The Bertz CT molecular complexity index is 753. The molecule has 0 bridgehead atoms. The van der Waals surface area contributed by atoms with Crippen molar-refractivity contribution in [3.8, 4) is 0 Å². The molecule has 0 spiro atoms. The number of ketones is 2. The highest BCUT2D eigenvalue weighted by Crippen LogP contribution is 2.28. The highest BCUT2D eigenvalue weighted by molar-refractivity contribution is 14.1. The number of Topliss-reactive ketones (excluding diaryl/α,β-unsaturated/α-hetero) is 2. The van der Waals surface area contributed by atoms with Crippen LogP contribution in [-0.4, -0.2) is 41.2 Å². The van der Waals surface area contributed by atoms with E-state index in [1.807, 2.05) is 0 Å². The molecule has 2 atom stereocenters. The molecule has 0 aromatic heterocycles. The Balaban J connectivity index is 4.07. The minimum Gasteiger partial charge on any atom is -0.320 e. The molecule has 0 saturated carbocycles. The van der Waals surface area contributed by atoms with Gasteiger partial charge in [-0.2, -0.15) is 0 Å². The molecule has 0 aliphatic rings. The number of allylic oxidation sites excluding steroid dienone is 4. The van der Waals surface area contributed by atoms with Crippen LogP contribution in [0.3, 0.4) is 0 Å². The van der Waals surface area contributed by atoms with Gasteiger partial charge >= 0.3 is 0 Å². The summed E-state index contributed by atoms with van der Waals surface area (Å²) in [6, 6.07) is 0. The molecule has 0 amide bonds. The number of rotatable bonds is 35. The van der Waals surface area contributed by atoms with Crippen LogP contribution in [0.4, 0.5) is 0 Å². The highest BCUT2D eigenvalue weighted by Gasteiger charge is 2.36. The molecule has 46 heavy (non-hydrogen) atoms. The molecule has 270 valence electrons. The van der Waals surface area contributed by atoms with E-state index in [4.69, 9.17) is 0 Å². The zero-order valence-electron chi connectivity index (χ0n) is 31.6. The quantitative estimate of drug-likeness (QED) is 0.0161. The number of carbonyl (C=O) groups excluding carboxylic acids is 2. The van der Waals surface area contributed by atoms with Crippen LogP contribution in [0.15, 0.2) is 24.3 Å². The van der Waals surface area contributed by atoms with E-state index in [0.717, 1.165) is 25.7 Å². The van der Waals surface area contributed by atoms with Crippen molar-refractivity contribution in [3.05, 3.63) is 24.3 Å². The Kier molecular flexibility index (Phi) is 32.7. The van der Waals surface area contributed by atoms with Crippen LogP contribution in [0, 0.1) is 5.92 Å². The average molecular weight is 757 g/mol. The lowest BCUT2D eigenvalue weighted by Gasteiger charge is -2.34. The molecule has 0 heterocycles. The maximum atomic E-state index is 13.3. The van der Waals surface area contributed by atoms with Gasteiger partial charge in [0.15, 0.2) is 0 Å². The van der Waals surface area contributed by atoms with E-state index in [0.29, 0.717) is 29.5 Å². The van der Waals surface area contributed by atoms with Gasteiger partial charge < -0.3 is 4.48 Å². The predicted molar refractivity (Wildman–Crippen MR) is 213 cm³/mol. The van der Waals surface area contributed by atoms with Crippen LogP contribution in [-0.2, 0) is 9.59 Å². The van der Waals surface area contributed by atoms with E-state index >= 15 is 0 Å². The lowest BCUT2D eigenvalue weighted by Crippen LogP contribution is -2.48. The second-order valence-electron chi connectivity index (χ2n) is 15.0. The first-order valence-corrected chi connectivity index (χ1v) is 21.3. The third kappa shape index (κ3) is 29.6. The summed E-state index contributed by atoms with van der Waals surface area (Å²) < 4.78 is 0.843. The van der Waals surface area contributed by atoms with E-state index in [-0.39, 0.29) is 15.7 Å². The Morgan fingerprint density at radius 1 is 0.500 bits per heavy atom. The van der Waals surface area contributed by atoms with E-state index < -0.39 is 0 Å². The number of quaternary nitrogens is 1. The summed E-state index contributed by atoms with van der Waals surface area (Å²) in [6.45, 7) is 4.55. The first kappa shape index (κ1) is 45.5. The average Bonchev–Trinajstić information content (AvgIpc) is 3.02. The standard InChI is InChI=1S/C42H79INO2/c1-6-8-10-12-14-16-18-20-22-24-26-28-30-32-34-36-39(45)38-40(42(43)44(3,4)5)41(46)37-35-33-31-29-27-25-23-21-19-17-15-13-11-9-7-2/h20-23,40,42H,6-19,24-38H2,1-5H3/q+1. The van der Waals surface area contributed by atoms with Gasteiger partial charge in [-0.15, -0.1) is 0 Å². The number of nitrogens with zero attached hydrogens (tertiary/aromatic N) is 1. The van der Waals surface area contributed by atoms with Crippen molar-refractivity contribution >= 4 is 34.2 Å². The Labute approximate surface area is 302 Å². The Hall–Kier alpha value is -0.490. The molecule has 2 unspecified atom stereocenters. The van der Waals surface area contributed by atoms with Crippen LogP contribution >= 0.6 is 22.6 Å². The van der Waals surface area contributed by atoms with Crippen molar-refractivity contribution in [2.75, 3.05) is 21.1 Å². The Morgan fingerprint density at radius 2 is 0.826 bits per heavy atom. The van der Waals surface area contributed by atoms with Crippen molar-refractivity contribution in [2.24, 2.45) is 5.92 Å². The van der Waals surface area contributed by atoms with Gasteiger partial charge in [-0.05, 0) is 86.8 Å².